The monoisotopic (exact) mass is 515 g/mol. The zero-order valence-corrected chi connectivity index (χ0v) is 21.3. The number of fused-ring (bicyclic) bond motifs is 1. The number of carbonyl (C=O) groups is 1. The van der Waals surface area contributed by atoms with E-state index in [0.29, 0.717) is 50.1 Å². The molecule has 2 aliphatic heterocycles. The molecule has 1 aromatic heterocycles. The molecular formula is C25H29N3O5S2. The molecule has 35 heavy (non-hydrogen) atoms. The number of aromatic nitrogens is 1. The van der Waals surface area contributed by atoms with Crippen molar-refractivity contribution in [1.82, 2.24) is 9.29 Å². The smallest absolute Gasteiger partial charge is 0.260 e. The average molecular weight is 516 g/mol. The van der Waals surface area contributed by atoms with Gasteiger partial charge >= 0.3 is 0 Å². The minimum atomic E-state index is -3.62. The fraction of sp³-hybridized carbons (Fsp3) is 0.440. The van der Waals surface area contributed by atoms with Gasteiger partial charge in [0, 0.05) is 25.3 Å². The van der Waals surface area contributed by atoms with E-state index >= 15 is 0 Å². The van der Waals surface area contributed by atoms with Crippen molar-refractivity contribution in [3.8, 4) is 0 Å². The van der Waals surface area contributed by atoms with E-state index in [9.17, 15) is 13.2 Å². The molecule has 2 saturated heterocycles. The van der Waals surface area contributed by atoms with Crippen molar-refractivity contribution in [3.05, 3.63) is 53.6 Å². The molecule has 2 aromatic carbocycles. The Kier molecular flexibility index (Phi) is 7.17. The maximum atomic E-state index is 13.7. The molecule has 3 heterocycles. The number of sulfonamides is 1. The van der Waals surface area contributed by atoms with Gasteiger partial charge in [-0.2, -0.15) is 4.31 Å². The number of amides is 1. The first-order chi connectivity index (χ1) is 17.0. The van der Waals surface area contributed by atoms with Crippen LogP contribution in [-0.4, -0.2) is 69.2 Å². The Bertz CT molecular complexity index is 1290. The van der Waals surface area contributed by atoms with Crippen LogP contribution in [0.4, 0.5) is 5.13 Å². The summed E-state index contributed by atoms with van der Waals surface area (Å²) in [6, 6.07) is 12.4. The van der Waals surface area contributed by atoms with Crippen molar-refractivity contribution in [2.75, 3.05) is 44.4 Å². The average Bonchev–Trinajstić information content (AvgIpc) is 3.56. The van der Waals surface area contributed by atoms with Gasteiger partial charge in [0.1, 0.15) is 0 Å². The highest BCUT2D eigenvalue weighted by Crippen LogP contribution is 2.32. The molecule has 2 fully saturated rings. The van der Waals surface area contributed by atoms with Crippen LogP contribution in [0.1, 0.15) is 35.7 Å². The number of hydrogen-bond acceptors (Lipinski definition) is 7. The lowest BCUT2D eigenvalue weighted by Gasteiger charge is -2.26. The van der Waals surface area contributed by atoms with E-state index in [2.05, 4.69) is 19.1 Å². The number of benzene rings is 2. The van der Waals surface area contributed by atoms with Crippen molar-refractivity contribution in [2.45, 2.75) is 37.2 Å². The third-order valence-corrected chi connectivity index (χ3v) is 9.40. The van der Waals surface area contributed by atoms with Gasteiger partial charge < -0.3 is 9.47 Å². The zero-order chi connectivity index (χ0) is 24.4. The topological polar surface area (TPSA) is 89.0 Å². The first-order valence-electron chi connectivity index (χ1n) is 12.0. The van der Waals surface area contributed by atoms with Gasteiger partial charge in [0.05, 0.1) is 41.0 Å². The number of anilines is 1. The van der Waals surface area contributed by atoms with E-state index in [1.807, 2.05) is 6.07 Å². The predicted octanol–water partition coefficient (Wildman–Crippen LogP) is 3.71. The minimum absolute atomic E-state index is 0.0434. The van der Waals surface area contributed by atoms with Crippen molar-refractivity contribution in [1.29, 1.82) is 0 Å². The van der Waals surface area contributed by atoms with Crippen LogP contribution >= 0.6 is 11.3 Å². The second-order valence-corrected chi connectivity index (χ2v) is 11.7. The SMILES string of the molecule is CCc1ccc2nc(N(CC3CCCO3)C(=O)c3ccc(S(=O)(=O)N4CCOCC4)cc3)sc2c1. The number of morpholine rings is 1. The molecule has 8 nitrogen and oxygen atoms in total. The van der Waals surface area contributed by atoms with Gasteiger partial charge in [-0.25, -0.2) is 13.4 Å². The summed E-state index contributed by atoms with van der Waals surface area (Å²) in [6.07, 6.45) is 2.76. The molecule has 5 rings (SSSR count). The second-order valence-electron chi connectivity index (χ2n) is 8.74. The molecule has 0 spiro atoms. The molecule has 10 heteroatoms. The first kappa shape index (κ1) is 24.3. The summed E-state index contributed by atoms with van der Waals surface area (Å²) >= 11 is 1.49. The van der Waals surface area contributed by atoms with Crippen LogP contribution in [0.3, 0.4) is 0 Å². The fourth-order valence-corrected chi connectivity index (χ4v) is 6.84. The van der Waals surface area contributed by atoms with Crippen LogP contribution in [-0.2, 0) is 25.9 Å². The van der Waals surface area contributed by atoms with Crippen LogP contribution < -0.4 is 4.90 Å². The van der Waals surface area contributed by atoms with Crippen LogP contribution in [0.25, 0.3) is 10.2 Å². The maximum absolute atomic E-state index is 13.7. The normalized spacial score (nSPS) is 19.3. The second kappa shape index (κ2) is 10.3. The van der Waals surface area contributed by atoms with E-state index in [-0.39, 0.29) is 16.9 Å². The van der Waals surface area contributed by atoms with Gasteiger partial charge in [0.25, 0.3) is 5.91 Å². The molecule has 0 bridgehead atoms. The number of thiazole rings is 1. The van der Waals surface area contributed by atoms with Crippen molar-refractivity contribution in [2.24, 2.45) is 0 Å². The zero-order valence-electron chi connectivity index (χ0n) is 19.7. The van der Waals surface area contributed by atoms with Crippen LogP contribution in [0.15, 0.2) is 47.4 Å². The summed E-state index contributed by atoms with van der Waals surface area (Å²) in [6.45, 7) is 4.64. The highest BCUT2D eigenvalue weighted by atomic mass is 32.2. The summed E-state index contributed by atoms with van der Waals surface area (Å²) in [4.78, 5) is 20.3. The van der Waals surface area contributed by atoms with E-state index in [1.54, 1.807) is 17.0 Å². The van der Waals surface area contributed by atoms with E-state index in [0.717, 1.165) is 29.5 Å². The Balaban J connectivity index is 1.43. The van der Waals surface area contributed by atoms with Gasteiger partial charge in [-0.15, -0.1) is 0 Å². The summed E-state index contributed by atoms with van der Waals surface area (Å²) in [7, 11) is -3.62. The number of hydrogen-bond donors (Lipinski definition) is 0. The molecule has 1 unspecified atom stereocenters. The highest BCUT2D eigenvalue weighted by Gasteiger charge is 2.29. The van der Waals surface area contributed by atoms with Gasteiger partial charge in [-0.05, 0) is 61.2 Å². The Hall–Kier alpha value is -2.37. The standard InChI is InChI=1S/C25H29N3O5S2/c1-2-18-5-10-22-23(16-18)34-25(26-22)28(17-20-4-3-13-33-20)24(29)19-6-8-21(9-7-19)35(30,31)27-11-14-32-15-12-27/h5-10,16,20H,2-4,11-15,17H2,1H3. The molecule has 186 valence electrons. The largest absolute Gasteiger partial charge is 0.379 e. The lowest BCUT2D eigenvalue weighted by molar-refractivity contribution is 0.0730. The summed E-state index contributed by atoms with van der Waals surface area (Å²) in [5, 5.41) is 0.624. The van der Waals surface area contributed by atoms with Crippen LogP contribution in [0, 0.1) is 0 Å². The number of ether oxygens (including phenoxy) is 2. The molecule has 2 aliphatic rings. The molecule has 0 radical (unpaired) electrons. The van der Waals surface area contributed by atoms with Crippen molar-refractivity contribution < 1.29 is 22.7 Å². The van der Waals surface area contributed by atoms with Crippen molar-refractivity contribution >= 4 is 42.6 Å². The molecule has 1 amide bonds. The van der Waals surface area contributed by atoms with E-state index in [4.69, 9.17) is 14.5 Å². The Morgan fingerprint density at radius 2 is 1.91 bits per heavy atom. The predicted molar refractivity (Wildman–Crippen MR) is 136 cm³/mol. The van der Waals surface area contributed by atoms with Gasteiger partial charge in [-0.3, -0.25) is 9.69 Å². The fourth-order valence-electron chi connectivity index (χ4n) is 4.39. The first-order valence-corrected chi connectivity index (χ1v) is 14.2. The van der Waals surface area contributed by atoms with Crippen LogP contribution in [0.2, 0.25) is 0 Å². The molecular weight excluding hydrogens is 486 g/mol. The Morgan fingerprint density at radius 3 is 2.60 bits per heavy atom. The van der Waals surface area contributed by atoms with Gasteiger partial charge in [-0.1, -0.05) is 24.3 Å². The molecule has 0 aliphatic carbocycles. The van der Waals surface area contributed by atoms with Gasteiger partial charge in [0.2, 0.25) is 10.0 Å². The minimum Gasteiger partial charge on any atom is -0.379 e. The molecule has 0 N–H and O–H groups in total. The van der Waals surface area contributed by atoms with E-state index < -0.39 is 10.0 Å². The van der Waals surface area contributed by atoms with E-state index in [1.165, 1.54) is 33.3 Å². The number of aryl methyl sites for hydroxylation is 1. The van der Waals surface area contributed by atoms with Crippen molar-refractivity contribution in [3.63, 3.8) is 0 Å². The Labute approximate surface area is 209 Å². The third kappa shape index (κ3) is 5.12. The quantitative estimate of drug-likeness (QED) is 0.477. The number of carbonyl (C=O) groups excluding carboxylic acids is 1. The molecule has 1 atom stereocenters. The summed E-state index contributed by atoms with van der Waals surface area (Å²) in [5.41, 5.74) is 2.50. The lowest BCUT2D eigenvalue weighted by Crippen LogP contribution is -2.40. The molecule has 3 aromatic rings. The summed E-state index contributed by atoms with van der Waals surface area (Å²) < 4.78 is 39.5. The molecule has 0 saturated carbocycles. The maximum Gasteiger partial charge on any atom is 0.260 e. The lowest BCUT2D eigenvalue weighted by atomic mass is 10.1. The Morgan fingerprint density at radius 1 is 1.14 bits per heavy atom. The summed E-state index contributed by atoms with van der Waals surface area (Å²) in [5.74, 6) is -0.217. The number of rotatable bonds is 7. The van der Waals surface area contributed by atoms with Crippen LogP contribution in [0.5, 0.6) is 0 Å². The van der Waals surface area contributed by atoms with Gasteiger partial charge in [0.15, 0.2) is 5.13 Å². The number of nitrogens with zero attached hydrogens (tertiary/aromatic N) is 3. The highest BCUT2D eigenvalue weighted by molar-refractivity contribution is 7.89. The third-order valence-electron chi connectivity index (χ3n) is 6.45.